The molecule has 1 fully saturated rings. The van der Waals surface area contributed by atoms with Crippen LogP contribution in [-0.4, -0.2) is 42.8 Å². The molecule has 2 atom stereocenters. The van der Waals surface area contributed by atoms with Crippen LogP contribution in [0.2, 0.25) is 0 Å². The summed E-state index contributed by atoms with van der Waals surface area (Å²) in [7, 11) is 0. The lowest BCUT2D eigenvalue weighted by Crippen LogP contribution is -2.53. The quantitative estimate of drug-likeness (QED) is 0.609. The van der Waals surface area contributed by atoms with Gasteiger partial charge < -0.3 is 10.1 Å². The molecule has 1 saturated heterocycles. The maximum absolute atomic E-state index is 11.1. The molecule has 0 aromatic rings. The molecule has 0 aliphatic carbocycles. The van der Waals surface area contributed by atoms with Crippen molar-refractivity contribution in [3.63, 3.8) is 0 Å². The number of carbonyl (C=O) groups excluding carboxylic acids is 2. The van der Waals surface area contributed by atoms with Gasteiger partial charge in [-0.25, -0.2) is 0 Å². The van der Waals surface area contributed by atoms with E-state index in [0.717, 1.165) is 12.8 Å². The molecular formula is C9H16N2O2. The number of hydrogen-bond donors (Lipinski definition) is 1. The van der Waals surface area contributed by atoms with Crippen molar-refractivity contribution < 1.29 is 9.59 Å². The van der Waals surface area contributed by atoms with E-state index in [4.69, 9.17) is 0 Å². The van der Waals surface area contributed by atoms with Crippen molar-refractivity contribution in [3.05, 3.63) is 0 Å². The number of piperazine rings is 1. The highest BCUT2D eigenvalue weighted by molar-refractivity contribution is 5.79. The Bertz CT molecular complexity index is 206. The minimum Gasteiger partial charge on any atom is -0.351 e. The van der Waals surface area contributed by atoms with Crippen LogP contribution in [0.3, 0.4) is 0 Å². The van der Waals surface area contributed by atoms with Gasteiger partial charge in [0.2, 0.25) is 5.91 Å². The molecule has 4 nitrogen and oxygen atoms in total. The topological polar surface area (TPSA) is 49.4 Å². The predicted molar refractivity (Wildman–Crippen MR) is 49.3 cm³/mol. The zero-order chi connectivity index (χ0) is 9.84. The summed E-state index contributed by atoms with van der Waals surface area (Å²) in [6.45, 7) is 5.77. The van der Waals surface area contributed by atoms with Crippen molar-refractivity contribution in [2.45, 2.75) is 19.9 Å². The summed E-state index contributed by atoms with van der Waals surface area (Å²) < 4.78 is 0. The van der Waals surface area contributed by atoms with Crippen LogP contribution in [0.25, 0.3) is 0 Å². The van der Waals surface area contributed by atoms with Crippen molar-refractivity contribution in [1.29, 1.82) is 0 Å². The minimum absolute atomic E-state index is 0.0121. The minimum atomic E-state index is 0.0121. The van der Waals surface area contributed by atoms with E-state index in [0.29, 0.717) is 13.1 Å². The number of nitrogens with one attached hydrogen (secondary N) is 1. The molecular weight excluding hydrogens is 168 g/mol. The Kier molecular flexibility index (Phi) is 3.42. The van der Waals surface area contributed by atoms with Crippen LogP contribution < -0.4 is 5.32 Å². The molecule has 0 bridgehead atoms. The number of aldehydes is 1. The number of nitrogens with zero attached hydrogens (tertiary/aromatic N) is 1. The monoisotopic (exact) mass is 184 g/mol. The van der Waals surface area contributed by atoms with Crippen molar-refractivity contribution in [3.8, 4) is 0 Å². The number of hydrogen-bond acceptors (Lipinski definition) is 3. The second kappa shape index (κ2) is 4.37. The molecule has 1 aliphatic rings. The average Bonchev–Trinajstić information content (AvgIpc) is 2.02. The van der Waals surface area contributed by atoms with Crippen LogP contribution in [0.4, 0.5) is 0 Å². The van der Waals surface area contributed by atoms with Gasteiger partial charge in [-0.2, -0.15) is 0 Å². The molecule has 1 aliphatic heterocycles. The first-order valence-electron chi connectivity index (χ1n) is 4.59. The molecule has 1 heterocycles. The Morgan fingerprint density at radius 2 is 2.46 bits per heavy atom. The van der Waals surface area contributed by atoms with Crippen LogP contribution in [0, 0.1) is 5.92 Å². The normalized spacial score (nSPS) is 26.6. The van der Waals surface area contributed by atoms with Crippen LogP contribution in [-0.2, 0) is 9.59 Å². The fourth-order valence-corrected chi connectivity index (χ4v) is 1.61. The highest BCUT2D eigenvalue weighted by Crippen LogP contribution is 2.02. The van der Waals surface area contributed by atoms with Crippen LogP contribution in [0.5, 0.6) is 0 Å². The lowest BCUT2D eigenvalue weighted by molar-refractivity contribution is -0.126. The fraction of sp³-hybridized carbons (Fsp3) is 0.778. The molecule has 4 heteroatoms. The number of rotatable bonds is 3. The summed E-state index contributed by atoms with van der Waals surface area (Å²) in [5.74, 6) is 0.0648. The molecule has 1 amide bonds. The molecule has 13 heavy (non-hydrogen) atoms. The Hall–Kier alpha value is -0.900. The summed E-state index contributed by atoms with van der Waals surface area (Å²) in [6.07, 6.45) is 0.928. The van der Waals surface area contributed by atoms with Gasteiger partial charge >= 0.3 is 0 Å². The van der Waals surface area contributed by atoms with E-state index < -0.39 is 0 Å². The summed E-state index contributed by atoms with van der Waals surface area (Å²) in [5.41, 5.74) is 0. The first-order valence-corrected chi connectivity index (χ1v) is 4.59. The molecule has 1 N–H and O–H groups in total. The third-order valence-electron chi connectivity index (χ3n) is 2.09. The first-order chi connectivity index (χ1) is 6.11. The standard InChI is InChI=1S/C9H16N2O2/c1-7(6-12)3-11-4-8(2)10-9(13)5-11/h6-8H,3-5H2,1-2H3,(H,10,13). The van der Waals surface area contributed by atoms with Gasteiger partial charge in [-0.05, 0) is 6.92 Å². The highest BCUT2D eigenvalue weighted by Gasteiger charge is 2.22. The SMILES string of the molecule is CC(C=O)CN1CC(=O)NC(C)C1. The molecule has 1 rings (SSSR count). The van der Waals surface area contributed by atoms with E-state index >= 15 is 0 Å². The lowest BCUT2D eigenvalue weighted by Gasteiger charge is -2.31. The molecule has 0 aromatic carbocycles. The van der Waals surface area contributed by atoms with Gasteiger partial charge in [0.15, 0.2) is 0 Å². The second-order valence-electron chi connectivity index (χ2n) is 3.78. The van der Waals surface area contributed by atoms with Crippen LogP contribution in [0.1, 0.15) is 13.8 Å². The second-order valence-corrected chi connectivity index (χ2v) is 3.78. The van der Waals surface area contributed by atoms with Gasteiger partial charge in [-0.15, -0.1) is 0 Å². The summed E-state index contributed by atoms with van der Waals surface area (Å²) >= 11 is 0. The largest absolute Gasteiger partial charge is 0.351 e. The smallest absolute Gasteiger partial charge is 0.234 e. The first kappa shape index (κ1) is 10.2. The molecule has 2 unspecified atom stereocenters. The Labute approximate surface area is 78.3 Å². The zero-order valence-electron chi connectivity index (χ0n) is 8.12. The van der Waals surface area contributed by atoms with E-state index in [1.807, 2.05) is 18.7 Å². The lowest BCUT2D eigenvalue weighted by atomic mass is 10.1. The van der Waals surface area contributed by atoms with Crippen molar-refractivity contribution >= 4 is 12.2 Å². The van der Waals surface area contributed by atoms with E-state index in [2.05, 4.69) is 5.32 Å². The van der Waals surface area contributed by atoms with Gasteiger partial charge in [0.25, 0.3) is 0 Å². The van der Waals surface area contributed by atoms with Crippen LogP contribution >= 0.6 is 0 Å². The molecule has 0 radical (unpaired) electrons. The Balaban J connectivity index is 2.41. The Morgan fingerprint density at radius 1 is 1.77 bits per heavy atom. The molecule has 0 saturated carbocycles. The zero-order valence-corrected chi connectivity index (χ0v) is 8.12. The van der Waals surface area contributed by atoms with Gasteiger partial charge in [-0.3, -0.25) is 9.69 Å². The van der Waals surface area contributed by atoms with E-state index in [1.54, 1.807) is 0 Å². The molecule has 0 aromatic heterocycles. The maximum Gasteiger partial charge on any atom is 0.234 e. The summed E-state index contributed by atoms with van der Waals surface area (Å²) in [4.78, 5) is 23.5. The third kappa shape index (κ3) is 3.14. The molecule has 74 valence electrons. The van der Waals surface area contributed by atoms with E-state index in [-0.39, 0.29) is 17.9 Å². The van der Waals surface area contributed by atoms with Gasteiger partial charge in [-0.1, -0.05) is 6.92 Å². The number of amides is 1. The van der Waals surface area contributed by atoms with Crippen molar-refractivity contribution in [2.24, 2.45) is 5.92 Å². The molecule has 0 spiro atoms. The van der Waals surface area contributed by atoms with Crippen molar-refractivity contribution in [1.82, 2.24) is 10.2 Å². The van der Waals surface area contributed by atoms with Gasteiger partial charge in [0, 0.05) is 25.0 Å². The van der Waals surface area contributed by atoms with Gasteiger partial charge in [0.05, 0.1) is 6.54 Å². The van der Waals surface area contributed by atoms with E-state index in [9.17, 15) is 9.59 Å². The van der Waals surface area contributed by atoms with Crippen LogP contribution in [0.15, 0.2) is 0 Å². The van der Waals surface area contributed by atoms with Crippen molar-refractivity contribution in [2.75, 3.05) is 19.6 Å². The number of carbonyl (C=O) groups is 2. The Morgan fingerprint density at radius 3 is 3.00 bits per heavy atom. The average molecular weight is 184 g/mol. The summed E-state index contributed by atoms with van der Waals surface area (Å²) in [5, 5.41) is 2.83. The van der Waals surface area contributed by atoms with Gasteiger partial charge in [0.1, 0.15) is 6.29 Å². The fourth-order valence-electron chi connectivity index (χ4n) is 1.61. The third-order valence-corrected chi connectivity index (χ3v) is 2.09. The highest BCUT2D eigenvalue weighted by atomic mass is 16.2. The summed E-state index contributed by atoms with van der Waals surface area (Å²) in [6, 6.07) is 0.195. The van der Waals surface area contributed by atoms with E-state index in [1.165, 1.54) is 0 Å². The predicted octanol–water partition coefficient (Wildman–Crippen LogP) is -0.358. The maximum atomic E-state index is 11.1.